The minimum atomic E-state index is -0.378. The molecule has 0 radical (unpaired) electrons. The molecule has 1 aliphatic rings. The topological polar surface area (TPSA) is 12.4 Å². The number of aliphatic imine (C=N–C) groups is 1. The van der Waals surface area contributed by atoms with Gasteiger partial charge < -0.3 is 0 Å². The Balaban J connectivity index is 2.59. The Morgan fingerprint density at radius 2 is 2.10 bits per heavy atom. The number of benzene rings is 1. The maximum atomic E-state index is 4.39. The van der Waals surface area contributed by atoms with Gasteiger partial charge in [0.2, 0.25) is 0 Å². The van der Waals surface area contributed by atoms with E-state index in [1.165, 1.54) is 4.90 Å². The van der Waals surface area contributed by atoms with Crippen LogP contribution in [-0.2, 0) is 0 Å². The van der Waals surface area contributed by atoms with Crippen molar-refractivity contribution in [3.05, 3.63) is 24.3 Å². The summed E-state index contributed by atoms with van der Waals surface area (Å²) in [6.45, 7) is 0. The second-order valence-electron chi connectivity index (χ2n) is 2.08. The molecule has 0 bridgehead atoms. The van der Waals surface area contributed by atoms with Crippen LogP contribution in [0.15, 0.2) is 34.2 Å². The van der Waals surface area contributed by atoms with Gasteiger partial charge in [0.05, 0.1) is 11.2 Å². The molecule has 1 nitrogen and oxygen atoms in total. The number of rotatable bonds is 0. The van der Waals surface area contributed by atoms with Gasteiger partial charge in [0.25, 0.3) is 0 Å². The number of hydrogen-bond acceptors (Lipinski definition) is 2. The number of thiol groups is 2. The second kappa shape index (κ2) is 2.32. The SMILES string of the molecule is S[SH]1C=Nc2ccccc21. The molecule has 0 N–H and O–H groups in total. The van der Waals surface area contributed by atoms with Gasteiger partial charge in [-0.05, 0) is 12.1 Å². The van der Waals surface area contributed by atoms with Crippen molar-refractivity contribution in [2.75, 3.05) is 0 Å². The maximum Gasteiger partial charge on any atom is 0.0765 e. The summed E-state index contributed by atoms with van der Waals surface area (Å²) in [6.07, 6.45) is 0. The lowest BCUT2D eigenvalue weighted by atomic mass is 10.3. The van der Waals surface area contributed by atoms with Crippen LogP contribution in [0.3, 0.4) is 0 Å². The van der Waals surface area contributed by atoms with Crippen LogP contribution in [0.25, 0.3) is 0 Å². The molecule has 1 aromatic carbocycles. The third-order valence-electron chi connectivity index (χ3n) is 1.43. The highest BCUT2D eigenvalue weighted by Gasteiger charge is 2.09. The Hall–Kier alpha value is -0.410. The molecule has 0 aliphatic carbocycles. The lowest BCUT2D eigenvalue weighted by molar-refractivity contribution is 1.41. The first-order valence-corrected chi connectivity index (χ1v) is 5.55. The fourth-order valence-electron chi connectivity index (χ4n) is 0.946. The summed E-state index contributed by atoms with van der Waals surface area (Å²) in [5.41, 5.74) is 3.01. The van der Waals surface area contributed by atoms with Gasteiger partial charge in [-0.25, -0.2) is 4.99 Å². The average Bonchev–Trinajstić information content (AvgIpc) is 2.34. The highest BCUT2D eigenvalue weighted by Crippen LogP contribution is 2.48. The maximum absolute atomic E-state index is 4.39. The summed E-state index contributed by atoms with van der Waals surface area (Å²) < 4.78 is 0. The van der Waals surface area contributed by atoms with E-state index in [0.29, 0.717) is 0 Å². The van der Waals surface area contributed by atoms with Crippen LogP contribution < -0.4 is 0 Å². The van der Waals surface area contributed by atoms with Crippen molar-refractivity contribution in [1.29, 1.82) is 0 Å². The minimum absolute atomic E-state index is 0.378. The number of fused-ring (bicyclic) bond motifs is 1. The normalized spacial score (nSPS) is 24.7. The van der Waals surface area contributed by atoms with Gasteiger partial charge in [0.15, 0.2) is 0 Å². The van der Waals surface area contributed by atoms with E-state index < -0.39 is 0 Å². The van der Waals surface area contributed by atoms with Crippen molar-refractivity contribution < 1.29 is 0 Å². The van der Waals surface area contributed by atoms with E-state index >= 15 is 0 Å². The van der Waals surface area contributed by atoms with Crippen LogP contribution in [0, 0.1) is 0 Å². The zero-order valence-corrected chi connectivity index (χ0v) is 7.02. The van der Waals surface area contributed by atoms with E-state index in [-0.39, 0.29) is 9.93 Å². The Kier molecular flexibility index (Phi) is 1.47. The Morgan fingerprint density at radius 3 is 2.90 bits per heavy atom. The Morgan fingerprint density at radius 1 is 1.30 bits per heavy atom. The highest BCUT2D eigenvalue weighted by atomic mass is 33.1. The molecule has 0 fully saturated rings. The molecule has 10 heavy (non-hydrogen) atoms. The van der Waals surface area contributed by atoms with Crippen molar-refractivity contribution in [1.82, 2.24) is 0 Å². The van der Waals surface area contributed by atoms with Crippen molar-refractivity contribution in [2.24, 2.45) is 4.99 Å². The van der Waals surface area contributed by atoms with E-state index in [9.17, 15) is 0 Å². The molecular formula is C7H7NS2. The van der Waals surface area contributed by atoms with Crippen molar-refractivity contribution in [3.63, 3.8) is 0 Å². The van der Waals surface area contributed by atoms with Gasteiger partial charge in [0, 0.05) is 4.90 Å². The van der Waals surface area contributed by atoms with E-state index in [1.807, 2.05) is 23.7 Å². The summed E-state index contributed by atoms with van der Waals surface area (Å²) in [5.74, 6) is 0. The monoisotopic (exact) mass is 169 g/mol. The minimum Gasteiger partial charge on any atom is -0.250 e. The van der Waals surface area contributed by atoms with Crippen molar-refractivity contribution in [3.8, 4) is 0 Å². The summed E-state index contributed by atoms with van der Waals surface area (Å²) in [7, 11) is -0.378. The van der Waals surface area contributed by atoms with Crippen molar-refractivity contribution >= 4 is 32.8 Å². The molecule has 1 aliphatic heterocycles. The molecule has 0 saturated heterocycles. The predicted molar refractivity (Wildman–Crippen MR) is 50.8 cm³/mol. The third-order valence-corrected chi connectivity index (χ3v) is 3.60. The molecule has 2 rings (SSSR count). The molecule has 0 saturated carbocycles. The third kappa shape index (κ3) is 0.859. The number of para-hydroxylation sites is 1. The standard InChI is InChI=1S/C7H7NS2/c9-10-5-8-6-3-1-2-4-7(6)10/h1-5,9-10H. The van der Waals surface area contributed by atoms with Crippen LogP contribution in [0.4, 0.5) is 5.69 Å². The van der Waals surface area contributed by atoms with E-state index in [1.54, 1.807) is 0 Å². The largest absolute Gasteiger partial charge is 0.250 e. The van der Waals surface area contributed by atoms with E-state index in [0.717, 1.165) is 5.69 Å². The number of nitrogens with zero attached hydrogens (tertiary/aromatic N) is 1. The van der Waals surface area contributed by atoms with Crippen LogP contribution in [-0.4, -0.2) is 5.55 Å². The summed E-state index contributed by atoms with van der Waals surface area (Å²) in [4.78, 5) is 5.49. The molecule has 1 atom stereocenters. The zero-order valence-electron chi connectivity index (χ0n) is 5.23. The molecule has 3 heteroatoms. The smallest absolute Gasteiger partial charge is 0.0765 e. The van der Waals surface area contributed by atoms with E-state index in [4.69, 9.17) is 0 Å². The van der Waals surface area contributed by atoms with Gasteiger partial charge in [-0.3, -0.25) is 0 Å². The molecule has 0 spiro atoms. The molecule has 0 amide bonds. The summed E-state index contributed by atoms with van der Waals surface area (Å²) >= 11 is 4.39. The van der Waals surface area contributed by atoms with Gasteiger partial charge >= 0.3 is 0 Å². The van der Waals surface area contributed by atoms with Crippen LogP contribution in [0.5, 0.6) is 0 Å². The first-order valence-electron chi connectivity index (χ1n) is 2.99. The summed E-state index contributed by atoms with van der Waals surface area (Å²) in [6, 6.07) is 8.13. The first-order chi connectivity index (χ1) is 4.88. The average molecular weight is 169 g/mol. The highest BCUT2D eigenvalue weighted by molar-refractivity contribution is 8.83. The quantitative estimate of drug-likeness (QED) is 0.437. The predicted octanol–water partition coefficient (Wildman–Crippen LogP) is 2.56. The fourth-order valence-corrected chi connectivity index (χ4v) is 2.57. The molecule has 1 unspecified atom stereocenters. The molecule has 0 aromatic heterocycles. The van der Waals surface area contributed by atoms with Crippen LogP contribution in [0.2, 0.25) is 0 Å². The molecule has 52 valence electrons. The molecule has 1 aromatic rings. The first kappa shape index (κ1) is 6.31. The van der Waals surface area contributed by atoms with Gasteiger partial charge in [0.1, 0.15) is 0 Å². The molecule has 1 heterocycles. The Bertz CT molecular complexity index is 283. The van der Waals surface area contributed by atoms with Crippen LogP contribution >= 0.6 is 21.6 Å². The molecular weight excluding hydrogens is 162 g/mol. The Labute approximate surface area is 67.3 Å². The van der Waals surface area contributed by atoms with Crippen LogP contribution in [0.1, 0.15) is 0 Å². The second-order valence-corrected chi connectivity index (χ2v) is 4.77. The van der Waals surface area contributed by atoms with E-state index in [2.05, 4.69) is 22.7 Å². The number of hydrogen-bond donors (Lipinski definition) is 2. The van der Waals surface area contributed by atoms with Gasteiger partial charge in [-0.1, -0.05) is 12.1 Å². The van der Waals surface area contributed by atoms with Gasteiger partial charge in [-0.15, -0.1) is 21.6 Å². The van der Waals surface area contributed by atoms with Crippen molar-refractivity contribution in [2.45, 2.75) is 4.90 Å². The van der Waals surface area contributed by atoms with Gasteiger partial charge in [-0.2, -0.15) is 0 Å². The lowest BCUT2D eigenvalue weighted by Crippen LogP contribution is -1.67. The summed E-state index contributed by atoms with van der Waals surface area (Å²) in [5, 5.41) is 0. The zero-order chi connectivity index (χ0) is 6.97. The fraction of sp³-hybridized carbons (Fsp3) is 0. The lowest BCUT2D eigenvalue weighted by Gasteiger charge is -2.02.